The second-order valence-corrected chi connectivity index (χ2v) is 7.07. The number of hydrogen-bond acceptors (Lipinski definition) is 5. The molecule has 0 heterocycles. The van der Waals surface area contributed by atoms with Gasteiger partial charge in [0.05, 0.1) is 18.5 Å². The number of para-hydroxylation sites is 1. The van der Waals surface area contributed by atoms with Crippen molar-refractivity contribution in [3.63, 3.8) is 0 Å². The molecule has 0 saturated carbocycles. The van der Waals surface area contributed by atoms with Gasteiger partial charge in [-0.2, -0.15) is 0 Å². The van der Waals surface area contributed by atoms with E-state index in [4.69, 9.17) is 14.2 Å². The van der Waals surface area contributed by atoms with Crippen molar-refractivity contribution in [1.82, 2.24) is 0 Å². The lowest BCUT2D eigenvalue weighted by atomic mass is 10.2. The molecule has 2 amide bonds. The van der Waals surface area contributed by atoms with Crippen molar-refractivity contribution in [2.24, 2.45) is 0 Å². The van der Waals surface area contributed by atoms with E-state index in [1.165, 1.54) is 12.0 Å². The quantitative estimate of drug-likeness (QED) is 0.809. The zero-order valence-electron chi connectivity index (χ0n) is 16.8. The predicted octanol–water partition coefficient (Wildman–Crippen LogP) is 4.08. The molecule has 1 N–H and O–H groups in total. The van der Waals surface area contributed by atoms with Crippen LogP contribution in [0.2, 0.25) is 0 Å². The molecule has 150 valence electrons. The molecule has 0 aliphatic carbocycles. The maximum absolute atomic E-state index is 12.4. The van der Waals surface area contributed by atoms with Crippen molar-refractivity contribution in [2.75, 3.05) is 31.0 Å². The van der Waals surface area contributed by atoms with Gasteiger partial charge in [0.25, 0.3) is 5.91 Å². The van der Waals surface area contributed by atoms with Crippen LogP contribution in [0, 0.1) is 0 Å². The van der Waals surface area contributed by atoms with Gasteiger partial charge in [-0.1, -0.05) is 18.2 Å². The van der Waals surface area contributed by atoms with E-state index >= 15 is 0 Å². The molecule has 0 saturated heterocycles. The summed E-state index contributed by atoms with van der Waals surface area (Å²) in [5.41, 5.74) is 0.245. The van der Waals surface area contributed by atoms with Gasteiger partial charge in [0.15, 0.2) is 6.61 Å². The van der Waals surface area contributed by atoms with Gasteiger partial charge in [-0.25, -0.2) is 4.79 Å². The minimum atomic E-state index is -0.642. The lowest BCUT2D eigenvalue weighted by Gasteiger charge is -2.26. The Labute approximate surface area is 165 Å². The highest BCUT2D eigenvalue weighted by atomic mass is 16.6. The molecular weight excluding hydrogens is 360 g/mol. The monoisotopic (exact) mass is 386 g/mol. The summed E-state index contributed by atoms with van der Waals surface area (Å²) in [6.07, 6.45) is -0.545. The lowest BCUT2D eigenvalue weighted by molar-refractivity contribution is -0.118. The van der Waals surface area contributed by atoms with Crippen LogP contribution in [0.4, 0.5) is 16.2 Å². The Bertz CT molecular complexity index is 815. The highest BCUT2D eigenvalue weighted by Gasteiger charge is 2.23. The van der Waals surface area contributed by atoms with E-state index in [9.17, 15) is 9.59 Å². The van der Waals surface area contributed by atoms with E-state index in [1.807, 2.05) is 18.2 Å². The van der Waals surface area contributed by atoms with Crippen LogP contribution in [-0.4, -0.2) is 38.4 Å². The summed E-state index contributed by atoms with van der Waals surface area (Å²) in [6, 6.07) is 14.1. The van der Waals surface area contributed by atoms with Gasteiger partial charge in [-0.3, -0.25) is 9.69 Å². The molecule has 0 radical (unpaired) electrons. The summed E-state index contributed by atoms with van der Waals surface area (Å²) in [5.74, 6) is 0.787. The minimum Gasteiger partial charge on any atom is -0.497 e. The largest absolute Gasteiger partial charge is 0.497 e. The van der Waals surface area contributed by atoms with E-state index in [0.29, 0.717) is 22.9 Å². The number of anilines is 2. The molecule has 0 aliphatic rings. The molecular formula is C21H26N2O5. The molecule has 2 aromatic carbocycles. The Hall–Kier alpha value is -3.22. The molecule has 0 aliphatic heterocycles. The first-order valence-corrected chi connectivity index (χ1v) is 8.82. The van der Waals surface area contributed by atoms with Crippen LogP contribution in [0.15, 0.2) is 48.5 Å². The molecule has 0 spiro atoms. The topological polar surface area (TPSA) is 77.1 Å². The number of benzene rings is 2. The van der Waals surface area contributed by atoms with Crippen molar-refractivity contribution in [3.8, 4) is 11.5 Å². The molecule has 2 rings (SSSR count). The fourth-order valence-corrected chi connectivity index (χ4v) is 2.30. The van der Waals surface area contributed by atoms with E-state index in [2.05, 4.69) is 5.32 Å². The molecule has 7 heteroatoms. The first-order valence-electron chi connectivity index (χ1n) is 8.82. The number of methoxy groups -OCH3 is 1. The normalized spacial score (nSPS) is 10.8. The number of nitrogens with one attached hydrogen (secondary N) is 1. The van der Waals surface area contributed by atoms with Gasteiger partial charge in [-0.05, 0) is 45.0 Å². The molecule has 0 fully saturated rings. The highest BCUT2D eigenvalue weighted by Crippen LogP contribution is 2.31. The number of ether oxygens (including phenoxy) is 3. The summed E-state index contributed by atoms with van der Waals surface area (Å²) in [5, 5.41) is 2.76. The van der Waals surface area contributed by atoms with Crippen molar-refractivity contribution in [3.05, 3.63) is 48.5 Å². The number of nitrogens with zero attached hydrogens (tertiary/aromatic N) is 1. The Balaban J connectivity index is 2.14. The highest BCUT2D eigenvalue weighted by molar-refractivity contribution is 5.99. The Morgan fingerprint density at radius 2 is 1.71 bits per heavy atom. The summed E-state index contributed by atoms with van der Waals surface area (Å²) in [6.45, 7) is 5.20. The Morgan fingerprint density at radius 1 is 1.04 bits per heavy atom. The van der Waals surface area contributed by atoms with Crippen LogP contribution < -0.4 is 19.7 Å². The van der Waals surface area contributed by atoms with Crippen molar-refractivity contribution in [2.45, 2.75) is 26.4 Å². The van der Waals surface area contributed by atoms with E-state index in [-0.39, 0.29) is 12.5 Å². The van der Waals surface area contributed by atoms with E-state index in [1.54, 1.807) is 58.2 Å². The van der Waals surface area contributed by atoms with Crippen LogP contribution >= 0.6 is 0 Å². The van der Waals surface area contributed by atoms with Gasteiger partial charge in [0.1, 0.15) is 17.1 Å². The van der Waals surface area contributed by atoms with Crippen LogP contribution in [0.5, 0.6) is 11.5 Å². The Kier molecular flexibility index (Phi) is 6.87. The molecule has 0 atom stereocenters. The predicted molar refractivity (Wildman–Crippen MR) is 108 cm³/mol. The minimum absolute atomic E-state index is 0.161. The van der Waals surface area contributed by atoms with E-state index in [0.717, 1.165) is 0 Å². The van der Waals surface area contributed by atoms with Crippen LogP contribution in [-0.2, 0) is 9.53 Å². The first-order chi connectivity index (χ1) is 13.2. The smallest absolute Gasteiger partial charge is 0.414 e. The standard InChI is InChI=1S/C21H26N2O5/c1-21(2,3)28-20(25)23(4)18-13-16(26-5)11-12-17(18)22-19(24)14-27-15-9-7-6-8-10-15/h6-13H,14H2,1-5H3,(H,22,24). The second kappa shape index (κ2) is 9.12. The zero-order valence-corrected chi connectivity index (χ0v) is 16.8. The van der Waals surface area contributed by atoms with Gasteiger partial charge < -0.3 is 19.5 Å². The number of carbonyl (C=O) groups is 2. The Morgan fingerprint density at radius 3 is 2.32 bits per heavy atom. The van der Waals surface area contributed by atoms with Crippen molar-refractivity contribution < 1.29 is 23.8 Å². The molecule has 28 heavy (non-hydrogen) atoms. The van der Waals surface area contributed by atoms with Gasteiger partial charge in [0.2, 0.25) is 0 Å². The van der Waals surface area contributed by atoms with Crippen molar-refractivity contribution >= 4 is 23.4 Å². The molecule has 0 bridgehead atoms. The van der Waals surface area contributed by atoms with Crippen molar-refractivity contribution in [1.29, 1.82) is 0 Å². The zero-order chi connectivity index (χ0) is 20.7. The van der Waals surface area contributed by atoms with Gasteiger partial charge >= 0.3 is 6.09 Å². The van der Waals surface area contributed by atoms with Crippen LogP contribution in [0.1, 0.15) is 20.8 Å². The average Bonchev–Trinajstić information content (AvgIpc) is 2.65. The summed E-state index contributed by atoms with van der Waals surface area (Å²) >= 11 is 0. The number of rotatable bonds is 6. The van der Waals surface area contributed by atoms with E-state index < -0.39 is 11.7 Å². The summed E-state index contributed by atoms with van der Waals surface area (Å²) < 4.78 is 16.1. The molecule has 0 unspecified atom stereocenters. The summed E-state index contributed by atoms with van der Waals surface area (Å²) in [7, 11) is 3.09. The second-order valence-electron chi connectivity index (χ2n) is 7.07. The fourth-order valence-electron chi connectivity index (χ4n) is 2.30. The maximum Gasteiger partial charge on any atom is 0.414 e. The number of amides is 2. The SMILES string of the molecule is COc1ccc(NC(=O)COc2ccccc2)c(N(C)C(=O)OC(C)(C)C)c1. The van der Waals surface area contributed by atoms with Crippen LogP contribution in [0.3, 0.4) is 0 Å². The van der Waals surface area contributed by atoms with Gasteiger partial charge in [-0.15, -0.1) is 0 Å². The average molecular weight is 386 g/mol. The lowest BCUT2D eigenvalue weighted by Crippen LogP contribution is -2.34. The van der Waals surface area contributed by atoms with Crippen LogP contribution in [0.25, 0.3) is 0 Å². The first kappa shape index (κ1) is 21.1. The fraction of sp³-hybridized carbons (Fsp3) is 0.333. The molecule has 0 aromatic heterocycles. The third kappa shape index (κ3) is 6.19. The van der Waals surface area contributed by atoms with Gasteiger partial charge in [0, 0.05) is 13.1 Å². The maximum atomic E-state index is 12.4. The molecule has 2 aromatic rings. The third-order valence-corrected chi connectivity index (χ3v) is 3.62. The molecule has 7 nitrogen and oxygen atoms in total. The summed E-state index contributed by atoms with van der Waals surface area (Å²) in [4.78, 5) is 26.1. The number of hydrogen-bond donors (Lipinski definition) is 1. The number of carbonyl (C=O) groups excluding carboxylic acids is 2. The third-order valence-electron chi connectivity index (χ3n) is 3.62.